The van der Waals surface area contributed by atoms with Gasteiger partial charge < -0.3 is 9.64 Å². The Hall–Kier alpha value is -3.63. The number of fused-ring (bicyclic) bond motifs is 1. The first-order chi connectivity index (χ1) is 17.2. The van der Waals surface area contributed by atoms with Crippen molar-refractivity contribution >= 4 is 37.8 Å². The van der Waals surface area contributed by atoms with Gasteiger partial charge in [-0.1, -0.05) is 22.7 Å². The van der Waals surface area contributed by atoms with E-state index >= 15 is 4.48 Å². The largest absolute Gasteiger partial charge is 0.378 e. The Morgan fingerprint density at radius 2 is 1.81 bits per heavy atom. The minimum absolute atomic E-state index is 0.0793. The molecule has 10 heteroatoms. The van der Waals surface area contributed by atoms with Crippen LogP contribution in [0.3, 0.4) is 0 Å². The third-order valence-electron chi connectivity index (χ3n) is 6.21. The molecule has 2 aromatic heterocycles. The lowest BCUT2D eigenvalue weighted by atomic mass is 10.0. The summed E-state index contributed by atoms with van der Waals surface area (Å²) >= 11 is 0. The topological polar surface area (TPSA) is 75.6 Å². The zero-order valence-electron chi connectivity index (χ0n) is 19.8. The van der Waals surface area contributed by atoms with E-state index in [9.17, 15) is 12.8 Å². The van der Waals surface area contributed by atoms with Gasteiger partial charge in [-0.15, -0.1) is 0 Å². The van der Waals surface area contributed by atoms with E-state index in [0.29, 0.717) is 47.9 Å². The Morgan fingerprint density at radius 3 is 2.56 bits per heavy atom. The molecule has 0 atom stereocenters. The summed E-state index contributed by atoms with van der Waals surface area (Å²) in [4.78, 5) is 10.9. The molecule has 0 unspecified atom stereocenters. The minimum atomic E-state index is -3.71. The standard InChI is InChI=1S/C26H24F2N4O3S/c1-17-25(22-13-18(27)7-8-24(22)36(2,33)34)30-23-6-4-3-5-21(23)26(17)32(28)20-14-19(15-29-16-20)31-9-11-35-12-10-31/h3-8,13-16H,9-12H2,1-2H3. The lowest BCUT2D eigenvalue weighted by Gasteiger charge is -2.29. The molecule has 0 N–H and O–H groups in total. The summed E-state index contributed by atoms with van der Waals surface area (Å²) in [7, 11) is -3.71. The number of halogens is 2. The summed E-state index contributed by atoms with van der Waals surface area (Å²) < 4.78 is 60.9. The van der Waals surface area contributed by atoms with Crippen LogP contribution in [0.1, 0.15) is 5.56 Å². The van der Waals surface area contributed by atoms with Crippen LogP contribution in [0.15, 0.2) is 65.8 Å². The predicted octanol–water partition coefficient (Wildman–Crippen LogP) is 5.01. The van der Waals surface area contributed by atoms with Crippen LogP contribution >= 0.6 is 0 Å². The number of para-hydroxylation sites is 1. The van der Waals surface area contributed by atoms with Gasteiger partial charge in [0, 0.05) is 35.9 Å². The second-order valence-electron chi connectivity index (χ2n) is 8.65. The van der Waals surface area contributed by atoms with Crippen molar-refractivity contribution in [3.63, 3.8) is 0 Å². The molecule has 2 aromatic carbocycles. The van der Waals surface area contributed by atoms with Crippen LogP contribution < -0.4 is 10.0 Å². The maximum Gasteiger partial charge on any atom is 0.176 e. The first-order valence-corrected chi connectivity index (χ1v) is 13.3. The maximum atomic E-state index is 16.2. The van der Waals surface area contributed by atoms with Gasteiger partial charge in [0.1, 0.15) is 5.82 Å². The quantitative estimate of drug-likeness (QED) is 0.276. The normalized spacial score (nSPS) is 14.3. The van der Waals surface area contributed by atoms with Gasteiger partial charge in [-0.2, -0.15) is 5.12 Å². The summed E-state index contributed by atoms with van der Waals surface area (Å²) in [6.45, 7) is 4.15. The van der Waals surface area contributed by atoms with E-state index in [-0.39, 0.29) is 27.5 Å². The Kier molecular flexibility index (Phi) is 6.31. The van der Waals surface area contributed by atoms with Crippen molar-refractivity contribution in [1.82, 2.24) is 9.97 Å². The smallest absolute Gasteiger partial charge is 0.176 e. The molecule has 3 heterocycles. The van der Waals surface area contributed by atoms with Gasteiger partial charge >= 0.3 is 0 Å². The zero-order chi connectivity index (χ0) is 25.4. The van der Waals surface area contributed by atoms with E-state index in [4.69, 9.17) is 4.74 Å². The number of morpholine rings is 1. The molecule has 0 bridgehead atoms. The van der Waals surface area contributed by atoms with Crippen molar-refractivity contribution in [3.05, 3.63) is 72.3 Å². The van der Waals surface area contributed by atoms with E-state index in [1.807, 2.05) is 0 Å². The van der Waals surface area contributed by atoms with E-state index in [1.165, 1.54) is 12.3 Å². The highest BCUT2D eigenvalue weighted by atomic mass is 32.2. The fraction of sp³-hybridized carbons (Fsp3) is 0.231. The summed E-state index contributed by atoms with van der Waals surface area (Å²) in [6.07, 6.45) is 4.14. The molecule has 0 radical (unpaired) electrons. The van der Waals surface area contributed by atoms with Gasteiger partial charge in [0.2, 0.25) is 0 Å². The van der Waals surface area contributed by atoms with E-state index in [1.54, 1.807) is 43.5 Å². The SMILES string of the molecule is Cc1c(-c2cc(F)ccc2S(C)(=O)=O)nc2ccccc2c1N(F)c1cncc(N2CCOCC2)c1. The Morgan fingerprint density at radius 1 is 1.06 bits per heavy atom. The van der Waals surface area contributed by atoms with Gasteiger partial charge in [-0.3, -0.25) is 4.98 Å². The van der Waals surface area contributed by atoms with E-state index < -0.39 is 15.7 Å². The number of benzene rings is 2. The second kappa shape index (κ2) is 9.44. The molecule has 0 aliphatic carbocycles. The average molecular weight is 511 g/mol. The van der Waals surface area contributed by atoms with Crippen LogP contribution in [0.4, 0.5) is 25.9 Å². The molecule has 1 saturated heterocycles. The molecular weight excluding hydrogens is 486 g/mol. The number of ether oxygens (including phenoxy) is 1. The zero-order valence-corrected chi connectivity index (χ0v) is 20.6. The molecule has 36 heavy (non-hydrogen) atoms. The van der Waals surface area contributed by atoms with Crippen molar-refractivity contribution in [2.45, 2.75) is 11.8 Å². The van der Waals surface area contributed by atoms with Gasteiger partial charge in [0.15, 0.2) is 9.84 Å². The van der Waals surface area contributed by atoms with Crippen LogP contribution in [0.2, 0.25) is 0 Å². The number of hydrogen-bond acceptors (Lipinski definition) is 7. The maximum absolute atomic E-state index is 16.2. The number of rotatable bonds is 5. The van der Waals surface area contributed by atoms with E-state index in [2.05, 4.69) is 14.9 Å². The molecule has 0 amide bonds. The Labute approximate surface area is 207 Å². The van der Waals surface area contributed by atoms with Crippen LogP contribution in [-0.2, 0) is 14.6 Å². The average Bonchev–Trinajstić information content (AvgIpc) is 2.88. The van der Waals surface area contributed by atoms with E-state index in [0.717, 1.165) is 24.1 Å². The molecule has 186 valence electrons. The highest BCUT2D eigenvalue weighted by Crippen LogP contribution is 2.41. The summed E-state index contributed by atoms with van der Waals surface area (Å²) in [5, 5.41) is 1.05. The van der Waals surface area contributed by atoms with Gasteiger partial charge in [-0.05, 0) is 37.3 Å². The monoisotopic (exact) mass is 510 g/mol. The molecule has 1 fully saturated rings. The number of hydrogen-bond donors (Lipinski definition) is 0. The van der Waals surface area contributed by atoms with Crippen molar-refractivity contribution in [2.24, 2.45) is 0 Å². The first kappa shape index (κ1) is 24.1. The summed E-state index contributed by atoms with van der Waals surface area (Å²) in [6, 6.07) is 12.1. The molecule has 1 aliphatic heterocycles. The fourth-order valence-corrected chi connectivity index (χ4v) is 5.33. The number of aromatic nitrogens is 2. The number of sulfone groups is 1. The highest BCUT2D eigenvalue weighted by molar-refractivity contribution is 7.90. The predicted molar refractivity (Wildman–Crippen MR) is 135 cm³/mol. The van der Waals surface area contributed by atoms with Gasteiger partial charge in [0.05, 0.1) is 58.8 Å². The lowest BCUT2D eigenvalue weighted by molar-refractivity contribution is 0.122. The van der Waals surface area contributed by atoms with Gasteiger partial charge in [0.25, 0.3) is 0 Å². The van der Waals surface area contributed by atoms with Crippen LogP contribution in [-0.4, -0.2) is 50.9 Å². The molecule has 0 saturated carbocycles. The first-order valence-electron chi connectivity index (χ1n) is 11.4. The third-order valence-corrected chi connectivity index (χ3v) is 7.36. The second-order valence-corrected chi connectivity index (χ2v) is 10.6. The molecule has 5 rings (SSSR count). The molecule has 1 aliphatic rings. The lowest BCUT2D eigenvalue weighted by Crippen LogP contribution is -2.36. The van der Waals surface area contributed by atoms with Crippen LogP contribution in [0.5, 0.6) is 0 Å². The fourth-order valence-electron chi connectivity index (χ4n) is 4.46. The molecular formula is C26H24F2N4O3S. The van der Waals surface area contributed by atoms with Gasteiger partial charge in [-0.25, -0.2) is 17.8 Å². The summed E-state index contributed by atoms with van der Waals surface area (Å²) in [5.41, 5.74) is 2.21. The number of nitrogens with zero attached hydrogens (tertiary/aromatic N) is 4. The van der Waals surface area contributed by atoms with Crippen molar-refractivity contribution in [3.8, 4) is 11.3 Å². The molecule has 7 nitrogen and oxygen atoms in total. The molecule has 0 spiro atoms. The highest BCUT2D eigenvalue weighted by Gasteiger charge is 2.24. The Balaban J connectivity index is 1.71. The van der Waals surface area contributed by atoms with Crippen LogP contribution in [0, 0.1) is 12.7 Å². The summed E-state index contributed by atoms with van der Waals surface area (Å²) in [5.74, 6) is -0.618. The minimum Gasteiger partial charge on any atom is -0.378 e. The Bertz CT molecular complexity index is 1560. The number of anilines is 3. The van der Waals surface area contributed by atoms with Crippen molar-refractivity contribution in [2.75, 3.05) is 42.6 Å². The molecule has 4 aromatic rings. The third kappa shape index (κ3) is 4.49. The number of pyridine rings is 2. The van der Waals surface area contributed by atoms with Crippen molar-refractivity contribution < 1.29 is 22.0 Å². The van der Waals surface area contributed by atoms with Crippen LogP contribution in [0.25, 0.3) is 22.2 Å². The van der Waals surface area contributed by atoms with Crippen molar-refractivity contribution in [1.29, 1.82) is 0 Å².